The van der Waals surface area contributed by atoms with E-state index >= 15 is 0 Å². The molecule has 2 aromatic rings. The van der Waals surface area contributed by atoms with Crippen molar-refractivity contribution in [1.29, 1.82) is 0 Å². The Bertz CT molecular complexity index is 986. The molecule has 0 saturated carbocycles. The number of carbonyl (C=O) groups is 3. The van der Waals surface area contributed by atoms with Gasteiger partial charge in [-0.25, -0.2) is 0 Å². The summed E-state index contributed by atoms with van der Waals surface area (Å²) in [7, 11) is 0. The summed E-state index contributed by atoms with van der Waals surface area (Å²) in [5, 5.41) is 19.9. The summed E-state index contributed by atoms with van der Waals surface area (Å²) in [5.41, 5.74) is 1.47. The molecule has 0 spiro atoms. The zero-order valence-corrected chi connectivity index (χ0v) is 16.7. The Morgan fingerprint density at radius 3 is 1.53 bits per heavy atom. The lowest BCUT2D eigenvalue weighted by Crippen LogP contribution is -2.31. The summed E-state index contributed by atoms with van der Waals surface area (Å²) in [6, 6.07) is 5.54. The fourth-order valence-corrected chi connectivity index (χ4v) is 4.44. The third kappa shape index (κ3) is 3.30. The van der Waals surface area contributed by atoms with E-state index in [1.807, 2.05) is 0 Å². The van der Waals surface area contributed by atoms with Crippen LogP contribution in [-0.2, 0) is 4.79 Å². The van der Waals surface area contributed by atoms with Gasteiger partial charge in [-0.1, -0.05) is 0 Å². The molecular formula is C23H22O7. The third-order valence-electron chi connectivity index (χ3n) is 5.72. The lowest BCUT2D eigenvalue weighted by atomic mass is 9.75. The number of rotatable bonds is 4. The van der Waals surface area contributed by atoms with Crippen LogP contribution in [0, 0.1) is 0 Å². The van der Waals surface area contributed by atoms with Crippen LogP contribution in [0.5, 0.6) is 23.0 Å². The lowest BCUT2D eigenvalue weighted by Gasteiger charge is -2.33. The van der Waals surface area contributed by atoms with Crippen molar-refractivity contribution >= 4 is 17.3 Å². The number of Topliss-reactive ketones (excluding diaryl/α,β-unsaturated/α-hetero) is 3. The van der Waals surface area contributed by atoms with Crippen LogP contribution in [0.1, 0.15) is 70.4 Å². The zero-order valence-electron chi connectivity index (χ0n) is 16.7. The summed E-state index contributed by atoms with van der Waals surface area (Å²) in [4.78, 5) is 38.2. The molecule has 2 N–H and O–H groups in total. The number of ether oxygens (including phenoxy) is 2. The molecule has 0 aliphatic carbocycles. The minimum absolute atomic E-state index is 0.0993. The van der Waals surface area contributed by atoms with E-state index in [1.165, 1.54) is 38.1 Å². The van der Waals surface area contributed by atoms with Crippen molar-refractivity contribution < 1.29 is 34.1 Å². The summed E-state index contributed by atoms with van der Waals surface area (Å²) >= 11 is 0. The van der Waals surface area contributed by atoms with Crippen molar-refractivity contribution in [2.75, 3.05) is 13.2 Å². The smallest absolute Gasteiger partial charge is 0.160 e. The molecule has 4 rings (SSSR count). The average Bonchev–Trinajstić information content (AvgIpc) is 2.70. The highest BCUT2D eigenvalue weighted by atomic mass is 16.5. The number of phenolic OH excluding ortho intramolecular Hbond substituents is 2. The molecule has 0 saturated heterocycles. The Morgan fingerprint density at radius 1 is 0.767 bits per heavy atom. The van der Waals surface area contributed by atoms with Crippen LogP contribution in [0.15, 0.2) is 24.3 Å². The number of ketones is 3. The maximum atomic E-state index is 13.7. The van der Waals surface area contributed by atoms with E-state index in [0.29, 0.717) is 35.5 Å². The van der Waals surface area contributed by atoms with Crippen LogP contribution < -0.4 is 9.47 Å². The Hall–Kier alpha value is -3.35. The maximum Gasteiger partial charge on any atom is 0.160 e. The monoisotopic (exact) mass is 410 g/mol. The van der Waals surface area contributed by atoms with Crippen molar-refractivity contribution in [3.63, 3.8) is 0 Å². The van der Waals surface area contributed by atoms with Gasteiger partial charge in [0.15, 0.2) is 11.6 Å². The Balaban J connectivity index is 1.83. The van der Waals surface area contributed by atoms with Crippen molar-refractivity contribution in [1.82, 2.24) is 0 Å². The zero-order chi connectivity index (χ0) is 21.6. The van der Waals surface area contributed by atoms with Crippen molar-refractivity contribution in [2.45, 2.75) is 38.5 Å². The van der Waals surface area contributed by atoms with E-state index in [4.69, 9.17) is 9.47 Å². The Labute approximate surface area is 173 Å². The summed E-state index contributed by atoms with van der Waals surface area (Å²) in [6.07, 6.45) is 0.772. The summed E-state index contributed by atoms with van der Waals surface area (Å²) in [5.74, 6) is -1.44. The molecule has 2 aromatic carbocycles. The first-order valence-corrected chi connectivity index (χ1v) is 9.83. The van der Waals surface area contributed by atoms with Crippen LogP contribution >= 0.6 is 0 Å². The molecule has 7 heteroatoms. The number of fused-ring (bicyclic) bond motifs is 2. The number of carbonyl (C=O) groups excluding carboxylic acids is 3. The van der Waals surface area contributed by atoms with Gasteiger partial charge < -0.3 is 19.7 Å². The fraction of sp³-hybridized carbons (Fsp3) is 0.348. The predicted molar refractivity (Wildman–Crippen MR) is 107 cm³/mol. The highest BCUT2D eigenvalue weighted by molar-refractivity contribution is 6.03. The van der Waals surface area contributed by atoms with E-state index in [9.17, 15) is 24.6 Å². The number of aromatic hydroxyl groups is 2. The summed E-state index contributed by atoms with van der Waals surface area (Å²) in [6.45, 7) is 3.31. The Morgan fingerprint density at radius 2 is 1.17 bits per heavy atom. The van der Waals surface area contributed by atoms with Crippen molar-refractivity contribution in [3.05, 3.63) is 46.5 Å². The first-order valence-electron chi connectivity index (χ1n) is 9.83. The molecule has 156 valence electrons. The van der Waals surface area contributed by atoms with Crippen LogP contribution in [0.3, 0.4) is 0 Å². The average molecular weight is 410 g/mol. The topological polar surface area (TPSA) is 110 Å². The van der Waals surface area contributed by atoms with Gasteiger partial charge in [-0.05, 0) is 38.8 Å². The summed E-state index contributed by atoms with van der Waals surface area (Å²) < 4.78 is 11.3. The highest BCUT2D eigenvalue weighted by Crippen LogP contribution is 2.46. The maximum absolute atomic E-state index is 13.7. The third-order valence-corrected chi connectivity index (χ3v) is 5.72. The molecule has 2 unspecified atom stereocenters. The predicted octanol–water partition coefficient (Wildman–Crippen LogP) is 3.50. The second-order valence-electron chi connectivity index (χ2n) is 7.70. The highest BCUT2D eigenvalue weighted by Gasteiger charge is 2.39. The van der Waals surface area contributed by atoms with Crippen LogP contribution in [0.25, 0.3) is 0 Å². The van der Waals surface area contributed by atoms with Gasteiger partial charge in [0, 0.05) is 34.4 Å². The van der Waals surface area contributed by atoms with Crippen molar-refractivity contribution in [2.24, 2.45) is 0 Å². The molecule has 0 radical (unpaired) electrons. The molecule has 0 bridgehead atoms. The van der Waals surface area contributed by atoms with Gasteiger partial charge in [-0.3, -0.25) is 14.4 Å². The molecule has 2 heterocycles. The molecule has 0 fully saturated rings. The van der Waals surface area contributed by atoms with Crippen LogP contribution in [0.2, 0.25) is 0 Å². The van der Waals surface area contributed by atoms with E-state index in [0.717, 1.165) is 0 Å². The SMILES string of the molecule is CC(=O)c1cc(O)cc2c1C(C(=O)C1CCOc3cc(O)cc(C(C)=O)c31)CCO2. The number of benzene rings is 2. The molecular weight excluding hydrogens is 388 g/mol. The first-order chi connectivity index (χ1) is 14.3. The van der Waals surface area contributed by atoms with Gasteiger partial charge in [0.05, 0.1) is 25.0 Å². The van der Waals surface area contributed by atoms with Gasteiger partial charge >= 0.3 is 0 Å². The molecule has 30 heavy (non-hydrogen) atoms. The minimum Gasteiger partial charge on any atom is -0.508 e. The normalized spacial score (nSPS) is 19.7. The van der Waals surface area contributed by atoms with E-state index in [2.05, 4.69) is 0 Å². The Kier molecular flexibility index (Phi) is 4.97. The standard InChI is InChI=1S/C23H22O7/c1-11(24)17-7-13(26)9-19-21(17)15(3-5-29-19)23(28)16-4-6-30-20-10-14(27)8-18(12(2)25)22(16)20/h7-10,15-16,26-27H,3-6H2,1-2H3. The fourth-order valence-electron chi connectivity index (χ4n) is 4.44. The van der Waals surface area contributed by atoms with Gasteiger partial charge in [-0.15, -0.1) is 0 Å². The second kappa shape index (κ2) is 7.48. The van der Waals surface area contributed by atoms with Crippen LogP contribution in [-0.4, -0.2) is 40.8 Å². The second-order valence-corrected chi connectivity index (χ2v) is 7.70. The molecule has 2 atom stereocenters. The van der Waals surface area contributed by atoms with Gasteiger partial charge in [-0.2, -0.15) is 0 Å². The molecule has 2 aliphatic heterocycles. The van der Waals surface area contributed by atoms with E-state index in [-0.39, 0.29) is 53.2 Å². The number of hydrogen-bond acceptors (Lipinski definition) is 7. The molecule has 0 amide bonds. The van der Waals surface area contributed by atoms with E-state index < -0.39 is 11.8 Å². The van der Waals surface area contributed by atoms with Crippen LogP contribution in [0.4, 0.5) is 0 Å². The van der Waals surface area contributed by atoms with E-state index in [1.54, 1.807) is 0 Å². The first kappa shape index (κ1) is 19.9. The van der Waals surface area contributed by atoms with Gasteiger partial charge in [0.2, 0.25) is 0 Å². The molecule has 7 nitrogen and oxygen atoms in total. The molecule has 0 aromatic heterocycles. The number of phenols is 2. The number of hydrogen-bond donors (Lipinski definition) is 2. The van der Waals surface area contributed by atoms with Gasteiger partial charge in [0.25, 0.3) is 0 Å². The molecule has 2 aliphatic rings. The quantitative estimate of drug-likeness (QED) is 0.742. The minimum atomic E-state index is -0.613. The van der Waals surface area contributed by atoms with Gasteiger partial charge in [0.1, 0.15) is 28.8 Å². The van der Waals surface area contributed by atoms with Crippen molar-refractivity contribution in [3.8, 4) is 23.0 Å². The largest absolute Gasteiger partial charge is 0.508 e. The lowest BCUT2D eigenvalue weighted by molar-refractivity contribution is -0.123.